The smallest absolute Gasteiger partial charge is 0.239 e. The predicted octanol–water partition coefficient (Wildman–Crippen LogP) is 6.77. The van der Waals surface area contributed by atoms with Gasteiger partial charge in [0.15, 0.2) is 0 Å². The topological polar surface area (TPSA) is 23.6 Å². The van der Waals surface area contributed by atoms with Gasteiger partial charge in [0.2, 0.25) is 5.91 Å². The Morgan fingerprint density at radius 3 is 1.94 bits per heavy atom. The number of unbranched alkanes of at least 4 members (excludes halogenated alkanes) is 1. The average molecular weight is 473 g/mol. The molecule has 1 amide bonds. The molecule has 0 radical (unpaired) electrons. The van der Waals surface area contributed by atoms with E-state index in [1.807, 2.05) is 65.6 Å². The maximum Gasteiger partial charge on any atom is 0.239 e. The quantitative estimate of drug-likeness (QED) is 0.418. The summed E-state index contributed by atoms with van der Waals surface area (Å²) >= 11 is 0. The highest BCUT2D eigenvalue weighted by atomic mass is 19.1. The first-order chi connectivity index (χ1) is 17.0. The SMILES string of the molecule is CCCC.CN1CCC2(CC1)CN(C(=O)C(c1ccccc1)c1ccccc1)c1ccc(F)cc12. The van der Waals surface area contributed by atoms with E-state index in [-0.39, 0.29) is 23.1 Å². The summed E-state index contributed by atoms with van der Waals surface area (Å²) in [6.07, 6.45) is 4.51. The summed E-state index contributed by atoms with van der Waals surface area (Å²) in [6, 6.07) is 24.8. The number of nitrogens with zero attached hydrogens (tertiary/aromatic N) is 2. The van der Waals surface area contributed by atoms with E-state index in [2.05, 4.69) is 25.8 Å². The van der Waals surface area contributed by atoms with Gasteiger partial charge in [-0.1, -0.05) is 87.4 Å². The summed E-state index contributed by atoms with van der Waals surface area (Å²) < 4.78 is 14.3. The number of hydrogen-bond acceptors (Lipinski definition) is 2. The lowest BCUT2D eigenvalue weighted by atomic mass is 9.74. The third-order valence-corrected chi connectivity index (χ3v) is 7.50. The van der Waals surface area contributed by atoms with Gasteiger partial charge in [-0.05, 0) is 67.9 Å². The second-order valence-corrected chi connectivity index (χ2v) is 9.92. The molecule has 0 N–H and O–H groups in total. The van der Waals surface area contributed by atoms with Crippen molar-refractivity contribution in [2.45, 2.75) is 50.9 Å². The molecular formula is C31H37FN2O. The number of carbonyl (C=O) groups excluding carboxylic acids is 1. The standard InChI is InChI=1S/C27H27FN2O.C4H10/c1-29-16-14-27(15-17-29)19-30(24-13-12-22(28)18-23(24)27)26(31)25(20-8-4-2-5-9-20)21-10-6-3-7-11-21;1-3-4-2/h2-13,18,25H,14-17,19H2,1H3;3-4H2,1-2H3. The number of carbonyl (C=O) groups is 1. The summed E-state index contributed by atoms with van der Waals surface area (Å²) in [6.45, 7) is 6.90. The van der Waals surface area contributed by atoms with Gasteiger partial charge in [0.05, 0.1) is 5.92 Å². The zero-order valence-electron chi connectivity index (χ0n) is 21.2. The first-order valence-electron chi connectivity index (χ1n) is 12.9. The van der Waals surface area contributed by atoms with Crippen LogP contribution in [-0.2, 0) is 10.2 Å². The largest absolute Gasteiger partial charge is 0.310 e. The summed E-state index contributed by atoms with van der Waals surface area (Å²) in [5, 5.41) is 0. The summed E-state index contributed by atoms with van der Waals surface area (Å²) in [5.74, 6) is -0.559. The molecule has 1 spiro atoms. The Morgan fingerprint density at radius 1 is 0.886 bits per heavy atom. The van der Waals surface area contributed by atoms with Gasteiger partial charge in [-0.25, -0.2) is 4.39 Å². The second kappa shape index (κ2) is 11.2. The fourth-order valence-corrected chi connectivity index (χ4v) is 5.24. The molecule has 0 saturated carbocycles. The molecule has 184 valence electrons. The van der Waals surface area contributed by atoms with Crippen molar-refractivity contribution < 1.29 is 9.18 Å². The molecule has 2 heterocycles. The van der Waals surface area contributed by atoms with Gasteiger partial charge in [-0.15, -0.1) is 0 Å². The molecule has 1 fully saturated rings. The Morgan fingerprint density at radius 2 is 1.43 bits per heavy atom. The minimum Gasteiger partial charge on any atom is -0.310 e. The van der Waals surface area contributed by atoms with Crippen LogP contribution in [0.3, 0.4) is 0 Å². The van der Waals surface area contributed by atoms with Crippen molar-refractivity contribution in [3.05, 3.63) is 101 Å². The number of anilines is 1. The van der Waals surface area contributed by atoms with Gasteiger partial charge in [0.25, 0.3) is 0 Å². The highest BCUT2D eigenvalue weighted by Crippen LogP contribution is 2.48. The lowest BCUT2D eigenvalue weighted by Gasteiger charge is -2.38. The fourth-order valence-electron chi connectivity index (χ4n) is 5.24. The van der Waals surface area contributed by atoms with Crippen LogP contribution >= 0.6 is 0 Å². The highest BCUT2D eigenvalue weighted by Gasteiger charge is 2.47. The summed E-state index contributed by atoms with van der Waals surface area (Å²) in [4.78, 5) is 18.3. The molecule has 0 atom stereocenters. The van der Waals surface area contributed by atoms with Crippen LogP contribution in [-0.4, -0.2) is 37.5 Å². The third-order valence-electron chi connectivity index (χ3n) is 7.50. The van der Waals surface area contributed by atoms with E-state index >= 15 is 0 Å². The lowest BCUT2D eigenvalue weighted by Crippen LogP contribution is -2.45. The van der Waals surface area contributed by atoms with Crippen molar-refractivity contribution in [2.75, 3.05) is 31.6 Å². The molecule has 35 heavy (non-hydrogen) atoms. The minimum atomic E-state index is -0.387. The van der Waals surface area contributed by atoms with E-state index in [0.29, 0.717) is 6.54 Å². The van der Waals surface area contributed by atoms with E-state index in [1.165, 1.54) is 18.9 Å². The maximum atomic E-state index is 14.3. The number of amides is 1. The van der Waals surface area contributed by atoms with Crippen LogP contribution in [0.25, 0.3) is 0 Å². The zero-order chi connectivity index (χ0) is 24.8. The number of rotatable bonds is 4. The monoisotopic (exact) mass is 472 g/mol. The molecule has 2 aliphatic rings. The van der Waals surface area contributed by atoms with Gasteiger partial charge in [-0.2, -0.15) is 0 Å². The number of likely N-dealkylation sites (tertiary alicyclic amines) is 1. The number of benzene rings is 3. The molecule has 0 unspecified atom stereocenters. The van der Waals surface area contributed by atoms with Crippen molar-refractivity contribution in [3.63, 3.8) is 0 Å². The van der Waals surface area contributed by atoms with Crippen LogP contribution in [0.4, 0.5) is 10.1 Å². The second-order valence-electron chi connectivity index (χ2n) is 9.92. The third kappa shape index (κ3) is 5.33. The summed E-state index contributed by atoms with van der Waals surface area (Å²) in [7, 11) is 2.12. The molecule has 3 nitrogen and oxygen atoms in total. The predicted molar refractivity (Wildman–Crippen MR) is 142 cm³/mol. The highest BCUT2D eigenvalue weighted by molar-refractivity contribution is 6.02. The average Bonchev–Trinajstić information content (AvgIpc) is 3.20. The molecule has 3 aromatic carbocycles. The Kier molecular flexibility index (Phi) is 8.02. The van der Waals surface area contributed by atoms with Gasteiger partial charge >= 0.3 is 0 Å². The molecular weight excluding hydrogens is 435 g/mol. The molecule has 2 aliphatic heterocycles. The van der Waals surface area contributed by atoms with E-state index in [1.54, 1.807) is 12.1 Å². The Bertz CT molecular complexity index is 1070. The number of hydrogen-bond donors (Lipinski definition) is 0. The molecule has 0 bridgehead atoms. The molecule has 5 rings (SSSR count). The number of piperidine rings is 1. The van der Waals surface area contributed by atoms with Crippen LogP contribution in [0.1, 0.15) is 62.1 Å². The first kappa shape index (κ1) is 25.1. The minimum absolute atomic E-state index is 0.0565. The van der Waals surface area contributed by atoms with E-state index in [9.17, 15) is 9.18 Å². The van der Waals surface area contributed by atoms with Gasteiger partial charge in [0.1, 0.15) is 5.82 Å². The number of halogens is 1. The molecule has 0 aromatic heterocycles. The van der Waals surface area contributed by atoms with Crippen molar-refractivity contribution in [1.29, 1.82) is 0 Å². The van der Waals surface area contributed by atoms with Gasteiger partial charge < -0.3 is 9.80 Å². The van der Waals surface area contributed by atoms with E-state index < -0.39 is 0 Å². The zero-order valence-corrected chi connectivity index (χ0v) is 21.2. The van der Waals surface area contributed by atoms with Crippen LogP contribution in [0.5, 0.6) is 0 Å². The molecule has 3 aromatic rings. The lowest BCUT2D eigenvalue weighted by molar-refractivity contribution is -0.119. The maximum absolute atomic E-state index is 14.3. The van der Waals surface area contributed by atoms with Crippen molar-refractivity contribution in [3.8, 4) is 0 Å². The molecule has 1 saturated heterocycles. The Labute approximate surface area is 209 Å². The normalized spacial score (nSPS) is 16.7. The Hall–Kier alpha value is -2.98. The van der Waals surface area contributed by atoms with Gasteiger partial charge in [-0.3, -0.25) is 4.79 Å². The Balaban J connectivity index is 0.000000672. The van der Waals surface area contributed by atoms with Crippen molar-refractivity contribution in [1.82, 2.24) is 4.90 Å². The van der Waals surface area contributed by atoms with Crippen LogP contribution < -0.4 is 4.90 Å². The van der Waals surface area contributed by atoms with E-state index in [4.69, 9.17) is 0 Å². The van der Waals surface area contributed by atoms with Gasteiger partial charge in [0, 0.05) is 17.6 Å². The van der Waals surface area contributed by atoms with Crippen LogP contribution in [0.15, 0.2) is 78.9 Å². The molecule has 0 aliphatic carbocycles. The fraction of sp³-hybridized carbons (Fsp3) is 0.387. The van der Waals surface area contributed by atoms with Crippen molar-refractivity contribution in [2.24, 2.45) is 0 Å². The molecule has 4 heteroatoms. The number of fused-ring (bicyclic) bond motifs is 2. The van der Waals surface area contributed by atoms with Crippen LogP contribution in [0, 0.1) is 5.82 Å². The summed E-state index contributed by atoms with van der Waals surface area (Å²) in [5.41, 5.74) is 3.65. The van der Waals surface area contributed by atoms with E-state index in [0.717, 1.165) is 48.3 Å². The van der Waals surface area contributed by atoms with Crippen molar-refractivity contribution >= 4 is 11.6 Å². The van der Waals surface area contributed by atoms with Crippen LogP contribution in [0.2, 0.25) is 0 Å². The first-order valence-corrected chi connectivity index (χ1v) is 12.9.